The molecule has 1 atom stereocenters. The highest BCUT2D eigenvalue weighted by atomic mass is 16.2. The Labute approximate surface area is 198 Å². The molecule has 0 aliphatic heterocycles. The summed E-state index contributed by atoms with van der Waals surface area (Å²) in [6.07, 6.45) is 7.33. The van der Waals surface area contributed by atoms with Crippen molar-refractivity contribution in [3.63, 3.8) is 0 Å². The summed E-state index contributed by atoms with van der Waals surface area (Å²) in [5, 5.41) is 17.2. The highest BCUT2D eigenvalue weighted by molar-refractivity contribution is 6.02. The molecule has 1 unspecified atom stereocenters. The van der Waals surface area contributed by atoms with E-state index in [-0.39, 0.29) is 17.6 Å². The third-order valence-corrected chi connectivity index (χ3v) is 7.09. The van der Waals surface area contributed by atoms with Crippen LogP contribution in [-0.2, 0) is 11.8 Å². The van der Waals surface area contributed by atoms with Crippen LogP contribution in [0.4, 0.5) is 5.69 Å². The van der Waals surface area contributed by atoms with Gasteiger partial charge < -0.3 is 10.6 Å². The minimum absolute atomic E-state index is 0.0770. The highest BCUT2D eigenvalue weighted by Gasteiger charge is 2.55. The molecular formula is C24H30N8O2. The van der Waals surface area contributed by atoms with Gasteiger partial charge in [0.25, 0.3) is 5.91 Å². The first kappa shape index (κ1) is 22.2. The summed E-state index contributed by atoms with van der Waals surface area (Å²) in [7, 11) is 1.66. The van der Waals surface area contributed by atoms with E-state index in [9.17, 15) is 9.59 Å². The summed E-state index contributed by atoms with van der Waals surface area (Å²) < 4.78 is 1.42. The molecule has 10 heteroatoms. The SMILES string of the molecule is Cc1n[nH]c(C)c1-c1ccc(NC(=O)C(C)(NC(=O)c2ncnn2C)C(C2CC2)C2CC2)cn1. The van der Waals surface area contributed by atoms with Gasteiger partial charge in [-0.25, -0.2) is 9.67 Å². The van der Waals surface area contributed by atoms with Crippen LogP contribution in [0.1, 0.15) is 54.6 Å². The Hall–Kier alpha value is -3.56. The molecule has 178 valence electrons. The van der Waals surface area contributed by atoms with Gasteiger partial charge in [0.15, 0.2) is 0 Å². The lowest BCUT2D eigenvalue weighted by molar-refractivity contribution is -0.124. The lowest BCUT2D eigenvalue weighted by Gasteiger charge is -2.37. The van der Waals surface area contributed by atoms with Crippen molar-refractivity contribution in [2.24, 2.45) is 24.8 Å². The molecule has 2 aliphatic carbocycles. The number of amides is 2. The number of aromatic nitrogens is 6. The van der Waals surface area contributed by atoms with Crippen molar-refractivity contribution in [2.45, 2.75) is 52.0 Å². The van der Waals surface area contributed by atoms with Gasteiger partial charge in [-0.3, -0.25) is 19.7 Å². The number of anilines is 1. The van der Waals surface area contributed by atoms with E-state index in [1.54, 1.807) is 13.2 Å². The molecule has 2 saturated carbocycles. The molecule has 2 fully saturated rings. The topological polar surface area (TPSA) is 130 Å². The van der Waals surface area contributed by atoms with E-state index in [0.29, 0.717) is 17.5 Å². The Morgan fingerprint density at radius 3 is 2.35 bits per heavy atom. The van der Waals surface area contributed by atoms with Crippen molar-refractivity contribution < 1.29 is 9.59 Å². The first-order chi connectivity index (χ1) is 16.3. The number of nitrogens with one attached hydrogen (secondary N) is 3. The van der Waals surface area contributed by atoms with Gasteiger partial charge in [-0.05, 0) is 76.3 Å². The maximum Gasteiger partial charge on any atom is 0.289 e. The number of aryl methyl sites for hydroxylation is 3. The zero-order valence-corrected chi connectivity index (χ0v) is 19.9. The van der Waals surface area contributed by atoms with E-state index < -0.39 is 11.4 Å². The number of carbonyl (C=O) groups excluding carboxylic acids is 2. The highest BCUT2D eigenvalue weighted by Crippen LogP contribution is 2.53. The number of rotatable bonds is 8. The molecule has 3 N–H and O–H groups in total. The zero-order chi connectivity index (χ0) is 24.0. The Kier molecular flexibility index (Phi) is 5.45. The van der Waals surface area contributed by atoms with Gasteiger partial charge in [-0.15, -0.1) is 0 Å². The standard InChI is InChI=1S/C24H30N8O2/c1-13-19(14(2)31-30-13)18-10-9-17(11-25-18)28-23(34)24(3,20(15-5-6-15)16-7-8-16)29-22(33)21-26-12-27-32(21)4/h9-12,15-16,20H,5-8H2,1-4H3,(H,28,34)(H,29,33)(H,30,31). The van der Waals surface area contributed by atoms with E-state index in [0.717, 1.165) is 48.3 Å². The largest absolute Gasteiger partial charge is 0.335 e. The van der Waals surface area contributed by atoms with Crippen LogP contribution in [0, 0.1) is 31.6 Å². The number of hydrogen-bond acceptors (Lipinski definition) is 6. The molecule has 0 bridgehead atoms. The maximum absolute atomic E-state index is 13.7. The molecule has 0 spiro atoms. The van der Waals surface area contributed by atoms with E-state index in [1.165, 1.54) is 11.0 Å². The van der Waals surface area contributed by atoms with Crippen molar-refractivity contribution in [1.82, 2.24) is 35.3 Å². The van der Waals surface area contributed by atoms with Crippen LogP contribution in [0.5, 0.6) is 0 Å². The van der Waals surface area contributed by atoms with Crippen molar-refractivity contribution in [1.29, 1.82) is 0 Å². The number of aromatic amines is 1. The van der Waals surface area contributed by atoms with E-state index in [2.05, 4.69) is 35.9 Å². The average molecular weight is 463 g/mol. The first-order valence-electron chi connectivity index (χ1n) is 11.7. The number of pyridine rings is 1. The predicted molar refractivity (Wildman–Crippen MR) is 126 cm³/mol. The van der Waals surface area contributed by atoms with Gasteiger partial charge in [0, 0.05) is 18.3 Å². The summed E-state index contributed by atoms with van der Waals surface area (Å²) in [6, 6.07) is 3.70. The third-order valence-electron chi connectivity index (χ3n) is 7.09. The molecule has 5 rings (SSSR count). The van der Waals surface area contributed by atoms with E-state index >= 15 is 0 Å². The van der Waals surface area contributed by atoms with Crippen LogP contribution < -0.4 is 10.6 Å². The Morgan fingerprint density at radius 2 is 1.85 bits per heavy atom. The normalized spacial score (nSPS) is 17.4. The van der Waals surface area contributed by atoms with Crippen LogP contribution >= 0.6 is 0 Å². The van der Waals surface area contributed by atoms with E-state index in [4.69, 9.17) is 0 Å². The molecule has 2 amide bonds. The molecule has 10 nitrogen and oxygen atoms in total. The molecule has 0 radical (unpaired) electrons. The minimum Gasteiger partial charge on any atom is -0.335 e. The Morgan fingerprint density at radius 1 is 1.15 bits per heavy atom. The molecule has 3 aromatic heterocycles. The van der Waals surface area contributed by atoms with Crippen LogP contribution in [0.25, 0.3) is 11.3 Å². The average Bonchev–Trinajstić information content (AvgIpc) is 3.73. The number of carbonyl (C=O) groups is 2. The lowest BCUT2D eigenvalue weighted by Crippen LogP contribution is -2.60. The fourth-order valence-corrected chi connectivity index (χ4v) is 5.13. The summed E-state index contributed by atoms with van der Waals surface area (Å²) in [5.41, 5.74) is 3.06. The number of nitrogens with zero attached hydrogens (tertiary/aromatic N) is 5. The second-order valence-electron chi connectivity index (χ2n) is 9.76. The zero-order valence-electron chi connectivity index (χ0n) is 19.9. The molecule has 0 saturated heterocycles. The van der Waals surface area contributed by atoms with Crippen molar-refractivity contribution >= 4 is 17.5 Å². The molecule has 3 aromatic rings. The van der Waals surface area contributed by atoms with Crippen molar-refractivity contribution in [3.05, 3.63) is 41.9 Å². The fraction of sp³-hybridized carbons (Fsp3) is 0.500. The van der Waals surface area contributed by atoms with Gasteiger partial charge in [0.2, 0.25) is 11.7 Å². The lowest BCUT2D eigenvalue weighted by atomic mass is 9.77. The monoisotopic (exact) mass is 462 g/mol. The first-order valence-corrected chi connectivity index (χ1v) is 11.7. The van der Waals surface area contributed by atoms with Crippen molar-refractivity contribution in [3.8, 4) is 11.3 Å². The summed E-state index contributed by atoms with van der Waals surface area (Å²) >= 11 is 0. The molecule has 2 aliphatic rings. The Balaban J connectivity index is 1.40. The van der Waals surface area contributed by atoms with Crippen LogP contribution in [0.15, 0.2) is 24.7 Å². The maximum atomic E-state index is 13.7. The van der Waals surface area contributed by atoms with Gasteiger partial charge in [0.1, 0.15) is 11.9 Å². The second-order valence-corrected chi connectivity index (χ2v) is 9.76. The predicted octanol–water partition coefficient (Wildman–Crippen LogP) is 2.78. The van der Waals surface area contributed by atoms with Crippen LogP contribution in [0.2, 0.25) is 0 Å². The van der Waals surface area contributed by atoms with Crippen LogP contribution in [0.3, 0.4) is 0 Å². The summed E-state index contributed by atoms with van der Waals surface area (Å²) in [5.74, 6) is 0.501. The number of H-pyrrole nitrogens is 1. The Bertz CT molecular complexity index is 1190. The van der Waals surface area contributed by atoms with Crippen LogP contribution in [-0.4, -0.2) is 47.3 Å². The van der Waals surface area contributed by atoms with Gasteiger partial charge >= 0.3 is 0 Å². The second kappa shape index (κ2) is 8.34. The van der Waals surface area contributed by atoms with E-state index in [1.807, 2.05) is 32.9 Å². The molecule has 3 heterocycles. The molecular weight excluding hydrogens is 432 g/mol. The third kappa shape index (κ3) is 4.08. The van der Waals surface area contributed by atoms with Gasteiger partial charge in [-0.2, -0.15) is 10.2 Å². The summed E-state index contributed by atoms with van der Waals surface area (Å²) in [4.78, 5) is 35.4. The van der Waals surface area contributed by atoms with Gasteiger partial charge in [0.05, 0.1) is 23.3 Å². The molecule has 34 heavy (non-hydrogen) atoms. The fourth-order valence-electron chi connectivity index (χ4n) is 5.13. The summed E-state index contributed by atoms with van der Waals surface area (Å²) in [6.45, 7) is 5.73. The minimum atomic E-state index is -1.08. The quantitative estimate of drug-likeness (QED) is 0.472. The van der Waals surface area contributed by atoms with Gasteiger partial charge in [-0.1, -0.05) is 0 Å². The smallest absolute Gasteiger partial charge is 0.289 e. The number of hydrogen-bond donors (Lipinski definition) is 3. The van der Waals surface area contributed by atoms with Crippen molar-refractivity contribution in [2.75, 3.05) is 5.32 Å². The molecule has 0 aromatic carbocycles.